The third-order valence-corrected chi connectivity index (χ3v) is 3.14. The van der Waals surface area contributed by atoms with Crippen molar-refractivity contribution in [2.24, 2.45) is 5.92 Å². The summed E-state index contributed by atoms with van der Waals surface area (Å²) in [4.78, 5) is 11.6. The first-order chi connectivity index (χ1) is 7.49. The van der Waals surface area contributed by atoms with Crippen LogP contribution in [-0.4, -0.2) is 5.78 Å². The van der Waals surface area contributed by atoms with Gasteiger partial charge in [0.25, 0.3) is 0 Å². The summed E-state index contributed by atoms with van der Waals surface area (Å²) in [5.41, 5.74) is 0.857. The van der Waals surface area contributed by atoms with Crippen LogP contribution < -0.4 is 0 Å². The number of hydrogen-bond acceptors (Lipinski definition) is 1. The molecule has 0 aliphatic carbocycles. The Labute approximate surface area is 104 Å². The third-order valence-electron chi connectivity index (χ3n) is 2.40. The van der Waals surface area contributed by atoms with Crippen molar-refractivity contribution >= 4 is 21.7 Å². The van der Waals surface area contributed by atoms with Gasteiger partial charge in [0.1, 0.15) is 11.6 Å². The van der Waals surface area contributed by atoms with Crippen LogP contribution in [0.4, 0.5) is 4.39 Å². The number of benzene rings is 1. The third kappa shape index (κ3) is 4.44. The fourth-order valence-corrected chi connectivity index (χ4v) is 1.91. The molecule has 16 heavy (non-hydrogen) atoms. The lowest BCUT2D eigenvalue weighted by Gasteiger charge is -2.05. The molecule has 1 aromatic rings. The molecular formula is C13H16BrFO. The first-order valence-electron chi connectivity index (χ1n) is 5.44. The predicted octanol–water partition coefficient (Wildman–Crippen LogP) is 4.14. The summed E-state index contributed by atoms with van der Waals surface area (Å²) in [6, 6.07) is 4.44. The zero-order valence-corrected chi connectivity index (χ0v) is 11.2. The number of Topliss-reactive ketones (excluding diaryl/α,β-unsaturated/α-hetero) is 1. The fourth-order valence-electron chi connectivity index (χ4n) is 1.42. The lowest BCUT2D eigenvalue weighted by molar-refractivity contribution is -0.118. The summed E-state index contributed by atoms with van der Waals surface area (Å²) in [6.45, 7) is 4.20. The van der Waals surface area contributed by atoms with Gasteiger partial charge in [-0.25, -0.2) is 4.39 Å². The van der Waals surface area contributed by atoms with E-state index in [1.54, 1.807) is 6.07 Å². The van der Waals surface area contributed by atoms with Crippen molar-refractivity contribution in [1.82, 2.24) is 0 Å². The maximum absolute atomic E-state index is 12.8. The van der Waals surface area contributed by atoms with Crippen LogP contribution in [0.3, 0.4) is 0 Å². The molecule has 0 radical (unpaired) electrons. The second-order valence-corrected chi connectivity index (χ2v) is 5.24. The topological polar surface area (TPSA) is 17.1 Å². The molecule has 3 heteroatoms. The van der Waals surface area contributed by atoms with E-state index in [4.69, 9.17) is 0 Å². The lowest BCUT2D eigenvalue weighted by Crippen LogP contribution is -2.05. The van der Waals surface area contributed by atoms with E-state index in [2.05, 4.69) is 29.8 Å². The Hall–Kier alpha value is -0.700. The molecule has 0 aromatic heterocycles. The molecule has 0 amide bonds. The monoisotopic (exact) mass is 286 g/mol. The van der Waals surface area contributed by atoms with Gasteiger partial charge in [0, 0.05) is 17.3 Å². The smallest absolute Gasteiger partial charge is 0.137 e. The van der Waals surface area contributed by atoms with E-state index < -0.39 is 0 Å². The Bertz CT molecular complexity index is 374. The number of rotatable bonds is 5. The minimum Gasteiger partial charge on any atom is -0.299 e. The molecule has 0 bridgehead atoms. The Morgan fingerprint density at radius 3 is 2.69 bits per heavy atom. The highest BCUT2D eigenvalue weighted by Gasteiger charge is 2.08. The van der Waals surface area contributed by atoms with E-state index in [1.165, 1.54) is 12.1 Å². The van der Waals surface area contributed by atoms with E-state index >= 15 is 0 Å². The zero-order valence-electron chi connectivity index (χ0n) is 9.59. The number of hydrogen-bond donors (Lipinski definition) is 0. The normalized spacial score (nSPS) is 10.8. The SMILES string of the molecule is CC(C)CCC(=O)Cc1ccc(F)cc1Br. The largest absolute Gasteiger partial charge is 0.299 e. The van der Waals surface area contributed by atoms with Gasteiger partial charge < -0.3 is 0 Å². The van der Waals surface area contributed by atoms with Gasteiger partial charge in [-0.1, -0.05) is 35.8 Å². The minimum atomic E-state index is -0.287. The molecule has 0 spiro atoms. The first kappa shape index (κ1) is 13.4. The second-order valence-electron chi connectivity index (χ2n) is 4.38. The van der Waals surface area contributed by atoms with Crippen molar-refractivity contribution in [3.63, 3.8) is 0 Å². The van der Waals surface area contributed by atoms with Crippen molar-refractivity contribution in [1.29, 1.82) is 0 Å². The van der Waals surface area contributed by atoms with E-state index in [0.29, 0.717) is 23.2 Å². The van der Waals surface area contributed by atoms with E-state index in [-0.39, 0.29) is 11.6 Å². The molecular weight excluding hydrogens is 271 g/mol. The highest BCUT2D eigenvalue weighted by molar-refractivity contribution is 9.10. The molecule has 1 aromatic carbocycles. The van der Waals surface area contributed by atoms with E-state index in [9.17, 15) is 9.18 Å². The van der Waals surface area contributed by atoms with Gasteiger partial charge >= 0.3 is 0 Å². The maximum Gasteiger partial charge on any atom is 0.137 e. The highest BCUT2D eigenvalue weighted by atomic mass is 79.9. The Balaban J connectivity index is 2.56. The summed E-state index contributed by atoms with van der Waals surface area (Å²) in [5.74, 6) is 0.465. The summed E-state index contributed by atoms with van der Waals surface area (Å²) in [5, 5.41) is 0. The molecule has 88 valence electrons. The van der Waals surface area contributed by atoms with Crippen LogP contribution in [0.25, 0.3) is 0 Å². The second kappa shape index (κ2) is 6.14. The predicted molar refractivity (Wildman–Crippen MR) is 66.9 cm³/mol. The molecule has 0 fully saturated rings. The quantitative estimate of drug-likeness (QED) is 0.795. The van der Waals surface area contributed by atoms with Crippen LogP contribution in [0.1, 0.15) is 32.3 Å². The number of carbonyl (C=O) groups excluding carboxylic acids is 1. The van der Waals surface area contributed by atoms with Gasteiger partial charge in [-0.3, -0.25) is 4.79 Å². The van der Waals surface area contributed by atoms with E-state index in [0.717, 1.165) is 12.0 Å². The van der Waals surface area contributed by atoms with Crippen molar-refractivity contribution in [2.45, 2.75) is 33.1 Å². The first-order valence-corrected chi connectivity index (χ1v) is 6.24. The average molecular weight is 287 g/mol. The summed E-state index contributed by atoms with van der Waals surface area (Å²) < 4.78 is 13.5. The Morgan fingerprint density at radius 2 is 2.12 bits per heavy atom. The average Bonchev–Trinajstić information content (AvgIpc) is 2.19. The van der Waals surface area contributed by atoms with Crippen molar-refractivity contribution in [3.05, 3.63) is 34.1 Å². The number of halogens is 2. The Morgan fingerprint density at radius 1 is 1.44 bits per heavy atom. The van der Waals surface area contributed by atoms with Gasteiger partial charge in [0.15, 0.2) is 0 Å². The van der Waals surface area contributed by atoms with Crippen LogP contribution in [0.2, 0.25) is 0 Å². The molecule has 1 rings (SSSR count). The molecule has 0 aliphatic rings. The molecule has 0 heterocycles. The van der Waals surface area contributed by atoms with Gasteiger partial charge in [-0.15, -0.1) is 0 Å². The summed E-state index contributed by atoms with van der Waals surface area (Å²) >= 11 is 3.26. The molecule has 0 saturated heterocycles. The molecule has 0 aliphatic heterocycles. The maximum atomic E-state index is 12.8. The lowest BCUT2D eigenvalue weighted by atomic mass is 10.0. The molecule has 0 unspecified atom stereocenters. The number of ketones is 1. The van der Waals surface area contributed by atoms with Crippen molar-refractivity contribution < 1.29 is 9.18 Å². The van der Waals surface area contributed by atoms with Gasteiger partial charge in [0.2, 0.25) is 0 Å². The van der Waals surface area contributed by atoms with Crippen molar-refractivity contribution in [2.75, 3.05) is 0 Å². The van der Waals surface area contributed by atoms with Crippen LogP contribution in [0.15, 0.2) is 22.7 Å². The molecule has 1 nitrogen and oxygen atoms in total. The highest BCUT2D eigenvalue weighted by Crippen LogP contribution is 2.19. The molecule has 0 atom stereocenters. The fraction of sp³-hybridized carbons (Fsp3) is 0.462. The van der Waals surface area contributed by atoms with Crippen LogP contribution >= 0.6 is 15.9 Å². The van der Waals surface area contributed by atoms with Crippen LogP contribution in [0, 0.1) is 11.7 Å². The summed E-state index contributed by atoms with van der Waals surface area (Å²) in [6.07, 6.45) is 1.90. The number of carbonyl (C=O) groups is 1. The standard InChI is InChI=1S/C13H16BrFO/c1-9(2)3-6-12(16)7-10-4-5-11(15)8-13(10)14/h4-5,8-9H,3,6-7H2,1-2H3. The van der Waals surface area contributed by atoms with Gasteiger partial charge in [-0.05, 0) is 30.0 Å². The minimum absolute atomic E-state index is 0.209. The Kier molecular flexibility index (Phi) is 5.13. The zero-order chi connectivity index (χ0) is 12.1. The molecule has 0 N–H and O–H groups in total. The van der Waals surface area contributed by atoms with Crippen molar-refractivity contribution in [3.8, 4) is 0 Å². The van der Waals surface area contributed by atoms with Crippen LogP contribution in [-0.2, 0) is 11.2 Å². The van der Waals surface area contributed by atoms with Gasteiger partial charge in [0.05, 0.1) is 0 Å². The molecule has 0 saturated carbocycles. The van der Waals surface area contributed by atoms with Crippen LogP contribution in [0.5, 0.6) is 0 Å². The summed E-state index contributed by atoms with van der Waals surface area (Å²) in [7, 11) is 0. The van der Waals surface area contributed by atoms with E-state index in [1.807, 2.05) is 0 Å². The van der Waals surface area contributed by atoms with Gasteiger partial charge in [-0.2, -0.15) is 0 Å².